The second-order valence-electron chi connectivity index (χ2n) is 10.2. The van der Waals surface area contributed by atoms with Crippen LogP contribution in [0.15, 0.2) is 47.5 Å². The molecule has 1 aliphatic carbocycles. The number of benzene rings is 1. The second-order valence-corrected chi connectivity index (χ2v) is 11.5. The molecule has 1 amide bonds. The molecule has 34 heavy (non-hydrogen) atoms. The Morgan fingerprint density at radius 3 is 2.26 bits per heavy atom. The zero-order valence-electron chi connectivity index (χ0n) is 20.6. The maximum Gasteiger partial charge on any atom is 0.222 e. The lowest BCUT2D eigenvalue weighted by atomic mass is 9.81. The lowest BCUT2D eigenvalue weighted by Crippen LogP contribution is -2.39. The zero-order valence-corrected chi connectivity index (χ0v) is 21.4. The number of carbonyl (C=O) groups excluding carboxylic acids is 1. The molecule has 2 aliphatic rings. The number of rotatable bonds is 8. The molecule has 6 heteroatoms. The van der Waals surface area contributed by atoms with Crippen LogP contribution < -0.4 is 4.74 Å². The summed E-state index contributed by atoms with van der Waals surface area (Å²) in [6.07, 6.45) is 12.5. The molecule has 1 atom stereocenters. The SMILES string of the molecule is CC1CCC(CCC(=O)N2CCC(COc3ccc(-c4ccc(S(C)=O)cc4)cn3)CC2)CC1. The van der Waals surface area contributed by atoms with Crippen LogP contribution >= 0.6 is 0 Å². The van der Waals surface area contributed by atoms with Gasteiger partial charge >= 0.3 is 0 Å². The van der Waals surface area contributed by atoms with Crippen molar-refractivity contribution >= 4 is 16.7 Å². The first kappa shape index (κ1) is 24.9. The number of aromatic nitrogens is 1. The Balaban J connectivity index is 1.17. The van der Waals surface area contributed by atoms with E-state index in [1.54, 1.807) is 6.26 Å². The van der Waals surface area contributed by atoms with E-state index in [0.717, 1.165) is 66.6 Å². The molecule has 0 bridgehead atoms. The summed E-state index contributed by atoms with van der Waals surface area (Å²) in [7, 11) is -0.969. The molecule has 5 nitrogen and oxygen atoms in total. The average Bonchev–Trinajstić information content (AvgIpc) is 2.87. The molecule has 1 saturated heterocycles. The van der Waals surface area contributed by atoms with Gasteiger partial charge in [-0.15, -0.1) is 0 Å². The van der Waals surface area contributed by atoms with Crippen LogP contribution in [0, 0.1) is 17.8 Å². The van der Waals surface area contributed by atoms with Crippen molar-refractivity contribution in [3.05, 3.63) is 42.6 Å². The normalized spacial score (nSPS) is 22.4. The number of amides is 1. The van der Waals surface area contributed by atoms with Crippen LogP contribution in [0.2, 0.25) is 0 Å². The Hall–Kier alpha value is -2.21. The van der Waals surface area contributed by atoms with Gasteiger partial charge in [-0.1, -0.05) is 44.7 Å². The van der Waals surface area contributed by atoms with E-state index in [-0.39, 0.29) is 0 Å². The summed E-state index contributed by atoms with van der Waals surface area (Å²) in [4.78, 5) is 20.0. The fraction of sp³-hybridized carbons (Fsp3) is 0.571. The highest BCUT2D eigenvalue weighted by Gasteiger charge is 2.25. The van der Waals surface area contributed by atoms with Gasteiger partial charge in [0.25, 0.3) is 0 Å². The van der Waals surface area contributed by atoms with Crippen molar-refractivity contribution in [1.82, 2.24) is 9.88 Å². The molecular weight excluding hydrogens is 444 g/mol. The molecule has 1 unspecified atom stereocenters. The molecule has 184 valence electrons. The predicted octanol–water partition coefficient (Wildman–Crippen LogP) is 5.71. The van der Waals surface area contributed by atoms with E-state index in [1.165, 1.54) is 25.7 Å². The van der Waals surface area contributed by atoms with E-state index in [9.17, 15) is 9.00 Å². The van der Waals surface area contributed by atoms with Gasteiger partial charge in [-0.3, -0.25) is 9.00 Å². The summed E-state index contributed by atoms with van der Waals surface area (Å²) in [6.45, 7) is 4.68. The zero-order chi connectivity index (χ0) is 23.9. The number of carbonyl (C=O) groups is 1. The molecule has 2 heterocycles. The average molecular weight is 483 g/mol. The maximum absolute atomic E-state index is 12.7. The first-order valence-electron chi connectivity index (χ1n) is 12.8. The molecule has 1 aliphatic heterocycles. The third-order valence-electron chi connectivity index (χ3n) is 7.59. The van der Waals surface area contributed by atoms with Crippen LogP contribution in [0.3, 0.4) is 0 Å². The number of likely N-dealkylation sites (tertiary alicyclic amines) is 1. The second kappa shape index (κ2) is 12.0. The van der Waals surface area contributed by atoms with E-state index < -0.39 is 10.8 Å². The number of ether oxygens (including phenoxy) is 1. The van der Waals surface area contributed by atoms with E-state index in [4.69, 9.17) is 4.74 Å². The topological polar surface area (TPSA) is 59.5 Å². The highest BCUT2D eigenvalue weighted by molar-refractivity contribution is 7.84. The van der Waals surface area contributed by atoms with Crippen molar-refractivity contribution in [2.45, 2.75) is 63.2 Å². The summed E-state index contributed by atoms with van der Waals surface area (Å²) >= 11 is 0. The van der Waals surface area contributed by atoms with Crippen molar-refractivity contribution in [1.29, 1.82) is 0 Å². The fourth-order valence-electron chi connectivity index (χ4n) is 5.13. The third kappa shape index (κ3) is 6.91. The van der Waals surface area contributed by atoms with Crippen molar-refractivity contribution in [2.75, 3.05) is 26.0 Å². The standard InChI is InChI=1S/C28H38N2O3S/c1-21-3-5-22(6-4-21)7-14-28(31)30-17-15-23(16-18-30)20-33-27-13-10-25(19-29-27)24-8-11-26(12-9-24)34(2)32/h8-13,19,21-23H,3-7,14-18,20H2,1-2H3. The summed E-state index contributed by atoms with van der Waals surface area (Å²) in [5, 5.41) is 0. The Kier molecular flexibility index (Phi) is 8.76. The van der Waals surface area contributed by atoms with Crippen molar-refractivity contribution in [3.8, 4) is 17.0 Å². The van der Waals surface area contributed by atoms with Crippen LogP contribution in [0.25, 0.3) is 11.1 Å². The van der Waals surface area contributed by atoms with Gasteiger partial charge in [-0.25, -0.2) is 4.98 Å². The van der Waals surface area contributed by atoms with Gasteiger partial charge in [0.2, 0.25) is 11.8 Å². The summed E-state index contributed by atoms with van der Waals surface area (Å²) in [5.74, 6) is 3.07. The van der Waals surface area contributed by atoms with Crippen LogP contribution in [0.1, 0.15) is 58.3 Å². The third-order valence-corrected chi connectivity index (χ3v) is 8.53. The molecule has 1 aromatic carbocycles. The number of nitrogens with zero attached hydrogens (tertiary/aromatic N) is 2. The van der Waals surface area contributed by atoms with Crippen LogP contribution in [-0.2, 0) is 15.6 Å². The molecular formula is C28H38N2O3S. The van der Waals surface area contributed by atoms with Crippen molar-refractivity contribution < 1.29 is 13.7 Å². The number of hydrogen-bond donors (Lipinski definition) is 0. The molecule has 0 spiro atoms. The lowest BCUT2D eigenvalue weighted by molar-refractivity contribution is -0.133. The highest BCUT2D eigenvalue weighted by Crippen LogP contribution is 2.31. The van der Waals surface area contributed by atoms with E-state index >= 15 is 0 Å². The molecule has 2 fully saturated rings. The highest BCUT2D eigenvalue weighted by atomic mass is 32.2. The minimum absolute atomic E-state index is 0.341. The lowest BCUT2D eigenvalue weighted by Gasteiger charge is -2.32. The van der Waals surface area contributed by atoms with Crippen molar-refractivity contribution in [3.63, 3.8) is 0 Å². The summed E-state index contributed by atoms with van der Waals surface area (Å²) in [6, 6.07) is 11.6. The van der Waals surface area contributed by atoms with Crippen LogP contribution in [0.4, 0.5) is 0 Å². The summed E-state index contributed by atoms with van der Waals surface area (Å²) < 4.78 is 17.5. The van der Waals surface area contributed by atoms with E-state index in [0.29, 0.717) is 24.3 Å². The first-order valence-corrected chi connectivity index (χ1v) is 14.3. The summed E-state index contributed by atoms with van der Waals surface area (Å²) in [5.41, 5.74) is 2.05. The number of hydrogen-bond acceptors (Lipinski definition) is 4. The van der Waals surface area contributed by atoms with Gasteiger partial charge in [0, 0.05) is 59.3 Å². The fourth-order valence-corrected chi connectivity index (χ4v) is 5.65. The van der Waals surface area contributed by atoms with Gasteiger partial charge in [-0.05, 0) is 60.8 Å². The maximum atomic E-state index is 12.7. The molecule has 1 aromatic heterocycles. The Morgan fingerprint density at radius 2 is 1.65 bits per heavy atom. The molecule has 1 saturated carbocycles. The molecule has 0 radical (unpaired) electrons. The Labute approximate surface area is 206 Å². The first-order chi connectivity index (χ1) is 16.5. The quantitative estimate of drug-likeness (QED) is 0.484. The number of pyridine rings is 1. The van der Waals surface area contributed by atoms with Crippen molar-refractivity contribution in [2.24, 2.45) is 17.8 Å². The van der Waals surface area contributed by atoms with Gasteiger partial charge < -0.3 is 9.64 Å². The minimum atomic E-state index is -0.969. The van der Waals surface area contributed by atoms with Gasteiger partial charge in [0.1, 0.15) is 0 Å². The Morgan fingerprint density at radius 1 is 0.971 bits per heavy atom. The molecule has 2 aromatic rings. The molecule has 0 N–H and O–H groups in total. The molecule has 4 rings (SSSR count). The van der Waals surface area contributed by atoms with Gasteiger partial charge in [0.15, 0.2) is 0 Å². The van der Waals surface area contributed by atoms with E-state index in [2.05, 4.69) is 16.8 Å². The van der Waals surface area contributed by atoms with Gasteiger partial charge in [0.05, 0.1) is 6.61 Å². The predicted molar refractivity (Wildman–Crippen MR) is 137 cm³/mol. The smallest absolute Gasteiger partial charge is 0.222 e. The Bertz CT molecular complexity index is 945. The van der Waals surface area contributed by atoms with Crippen LogP contribution in [0.5, 0.6) is 5.88 Å². The largest absolute Gasteiger partial charge is 0.477 e. The monoisotopic (exact) mass is 482 g/mol. The van der Waals surface area contributed by atoms with Crippen LogP contribution in [-0.4, -0.2) is 46.0 Å². The van der Waals surface area contributed by atoms with Gasteiger partial charge in [-0.2, -0.15) is 0 Å². The van der Waals surface area contributed by atoms with E-state index in [1.807, 2.05) is 42.6 Å². The minimum Gasteiger partial charge on any atom is -0.477 e. The number of piperidine rings is 1.